The molecule has 0 spiro atoms. The van der Waals surface area contributed by atoms with Crippen molar-refractivity contribution in [3.8, 4) is 0 Å². The van der Waals surface area contributed by atoms with Gasteiger partial charge in [-0.15, -0.1) is 0 Å². The van der Waals surface area contributed by atoms with Crippen LogP contribution in [0.15, 0.2) is 42.7 Å². The van der Waals surface area contributed by atoms with E-state index in [0.717, 1.165) is 0 Å². The van der Waals surface area contributed by atoms with Crippen molar-refractivity contribution in [3.63, 3.8) is 0 Å². The van der Waals surface area contributed by atoms with Crippen molar-refractivity contribution in [2.24, 2.45) is 0 Å². The van der Waals surface area contributed by atoms with Gasteiger partial charge < -0.3 is 0 Å². The Labute approximate surface area is 98.7 Å². The number of aromatic nitrogens is 2. The summed E-state index contributed by atoms with van der Waals surface area (Å²) in [6, 6.07) is 8.82. The second-order valence-electron chi connectivity index (χ2n) is 3.54. The van der Waals surface area contributed by atoms with E-state index < -0.39 is 0 Å². The summed E-state index contributed by atoms with van der Waals surface area (Å²) in [5, 5.41) is 4.56. The summed E-state index contributed by atoms with van der Waals surface area (Å²) in [6.07, 6.45) is 3.17. The second kappa shape index (κ2) is 4.49. The van der Waals surface area contributed by atoms with Gasteiger partial charge in [0.05, 0.1) is 11.2 Å². The van der Waals surface area contributed by atoms with Gasteiger partial charge >= 0.3 is 0 Å². The number of carbonyl (C=O) groups is 1. The number of Topliss-reactive ketones (excluding diaryl/α,β-unsaturated/α-hetero) is 1. The van der Waals surface area contributed by atoms with Crippen LogP contribution in [0.1, 0.15) is 23.3 Å². The molecule has 0 saturated carbocycles. The first-order valence-corrected chi connectivity index (χ1v) is 5.35. The molecule has 1 heterocycles. The van der Waals surface area contributed by atoms with Crippen LogP contribution in [-0.2, 0) is 0 Å². The molecule has 0 fully saturated rings. The molecule has 0 N–H and O–H groups in total. The van der Waals surface area contributed by atoms with Gasteiger partial charge in [0.25, 0.3) is 0 Å². The first kappa shape index (κ1) is 10.9. The van der Waals surface area contributed by atoms with Crippen LogP contribution in [-0.4, -0.2) is 15.6 Å². The van der Waals surface area contributed by atoms with Crippen molar-refractivity contribution in [1.82, 2.24) is 9.78 Å². The predicted octanol–water partition coefficient (Wildman–Crippen LogP) is 2.98. The Balaban J connectivity index is 2.23. The fourth-order valence-corrected chi connectivity index (χ4v) is 1.63. The predicted molar refractivity (Wildman–Crippen MR) is 62.7 cm³/mol. The van der Waals surface area contributed by atoms with E-state index in [1.807, 2.05) is 18.2 Å². The Bertz CT molecular complexity index is 493. The molecule has 16 heavy (non-hydrogen) atoms. The third-order valence-corrected chi connectivity index (χ3v) is 2.60. The number of nitrogens with zero attached hydrogens (tertiary/aromatic N) is 2. The third-order valence-electron chi connectivity index (χ3n) is 2.40. The molecule has 4 heteroatoms. The fraction of sp³-hybridized carbons (Fsp3) is 0.167. The molecule has 1 unspecified atom stereocenters. The quantitative estimate of drug-likeness (QED) is 0.766. The fourth-order valence-electron chi connectivity index (χ4n) is 1.49. The van der Waals surface area contributed by atoms with E-state index in [1.54, 1.807) is 29.9 Å². The molecule has 0 amide bonds. The lowest BCUT2D eigenvalue weighted by Gasteiger charge is -2.10. The summed E-state index contributed by atoms with van der Waals surface area (Å²) >= 11 is 5.76. The number of hydrogen-bond acceptors (Lipinski definition) is 2. The van der Waals surface area contributed by atoms with Crippen molar-refractivity contribution in [2.75, 3.05) is 0 Å². The lowest BCUT2D eigenvalue weighted by Crippen LogP contribution is -2.16. The van der Waals surface area contributed by atoms with Crippen molar-refractivity contribution in [1.29, 1.82) is 0 Å². The normalized spacial score (nSPS) is 12.4. The molecule has 0 aliphatic rings. The van der Waals surface area contributed by atoms with Gasteiger partial charge in [0.15, 0.2) is 5.78 Å². The molecule has 3 nitrogen and oxygen atoms in total. The Hall–Kier alpha value is -1.61. The zero-order chi connectivity index (χ0) is 11.5. The van der Waals surface area contributed by atoms with Gasteiger partial charge in [0.1, 0.15) is 6.04 Å². The highest BCUT2D eigenvalue weighted by molar-refractivity contribution is 6.30. The van der Waals surface area contributed by atoms with Gasteiger partial charge in [-0.2, -0.15) is 5.10 Å². The molecule has 82 valence electrons. The number of halogens is 1. The maximum absolute atomic E-state index is 12.1. The molecule has 1 aromatic heterocycles. The molecule has 2 aromatic rings. The van der Waals surface area contributed by atoms with Gasteiger partial charge in [-0.05, 0) is 6.92 Å². The minimum absolute atomic E-state index is 0.0281. The zero-order valence-electron chi connectivity index (χ0n) is 8.80. The lowest BCUT2D eigenvalue weighted by molar-refractivity contribution is 0.0928. The van der Waals surface area contributed by atoms with Crippen LogP contribution >= 0.6 is 11.6 Å². The number of carbonyl (C=O) groups excluding carboxylic acids is 1. The van der Waals surface area contributed by atoms with Crippen LogP contribution in [0.5, 0.6) is 0 Å². The molecule has 1 aromatic carbocycles. The average Bonchev–Trinajstić information content (AvgIpc) is 2.75. The molecule has 0 radical (unpaired) electrons. The van der Waals surface area contributed by atoms with E-state index in [1.165, 1.54) is 6.20 Å². The van der Waals surface area contributed by atoms with Gasteiger partial charge in [0.2, 0.25) is 0 Å². The molecule has 0 saturated heterocycles. The van der Waals surface area contributed by atoms with Crippen LogP contribution in [0.25, 0.3) is 0 Å². The Morgan fingerprint density at radius 1 is 1.38 bits per heavy atom. The first-order chi connectivity index (χ1) is 7.68. The number of rotatable bonds is 3. The van der Waals surface area contributed by atoms with Gasteiger partial charge in [-0.3, -0.25) is 9.48 Å². The SMILES string of the molecule is CC(C(=O)c1ccccc1)n1cc(Cl)cn1. The number of benzene rings is 1. The Morgan fingerprint density at radius 2 is 2.06 bits per heavy atom. The standard InChI is InChI=1S/C12H11ClN2O/c1-9(15-8-11(13)7-14-15)12(16)10-5-3-2-4-6-10/h2-9H,1H3. The van der Waals surface area contributed by atoms with Gasteiger partial charge in [-0.25, -0.2) is 0 Å². The van der Waals surface area contributed by atoms with E-state index >= 15 is 0 Å². The van der Waals surface area contributed by atoms with Crippen molar-refractivity contribution in [2.45, 2.75) is 13.0 Å². The van der Waals surface area contributed by atoms with E-state index in [0.29, 0.717) is 10.6 Å². The van der Waals surface area contributed by atoms with Crippen molar-refractivity contribution in [3.05, 3.63) is 53.3 Å². The smallest absolute Gasteiger partial charge is 0.187 e. The molecule has 0 aliphatic carbocycles. The summed E-state index contributed by atoms with van der Waals surface area (Å²) in [7, 11) is 0. The first-order valence-electron chi connectivity index (χ1n) is 4.97. The summed E-state index contributed by atoms with van der Waals surface area (Å²) in [4.78, 5) is 12.1. The van der Waals surface area contributed by atoms with Crippen LogP contribution in [0.4, 0.5) is 0 Å². The van der Waals surface area contributed by atoms with Gasteiger partial charge in [-0.1, -0.05) is 41.9 Å². The highest BCUT2D eigenvalue weighted by Gasteiger charge is 2.17. The molecular formula is C12H11ClN2O. The van der Waals surface area contributed by atoms with Crippen LogP contribution in [0.3, 0.4) is 0 Å². The van der Waals surface area contributed by atoms with Crippen LogP contribution in [0, 0.1) is 0 Å². The van der Waals surface area contributed by atoms with Crippen molar-refractivity contribution >= 4 is 17.4 Å². The molecule has 0 aliphatic heterocycles. The average molecular weight is 235 g/mol. The molecular weight excluding hydrogens is 224 g/mol. The minimum Gasteiger partial charge on any atom is -0.292 e. The largest absolute Gasteiger partial charge is 0.292 e. The van der Waals surface area contributed by atoms with Crippen LogP contribution < -0.4 is 0 Å². The van der Waals surface area contributed by atoms with E-state index in [4.69, 9.17) is 11.6 Å². The number of hydrogen-bond donors (Lipinski definition) is 0. The van der Waals surface area contributed by atoms with E-state index in [2.05, 4.69) is 5.10 Å². The topological polar surface area (TPSA) is 34.9 Å². The van der Waals surface area contributed by atoms with Crippen LogP contribution in [0.2, 0.25) is 5.02 Å². The maximum atomic E-state index is 12.1. The summed E-state index contributed by atoms with van der Waals surface area (Å²) in [5.74, 6) is 0.0281. The summed E-state index contributed by atoms with van der Waals surface area (Å²) in [6.45, 7) is 1.80. The Morgan fingerprint density at radius 3 is 2.62 bits per heavy atom. The highest BCUT2D eigenvalue weighted by Crippen LogP contribution is 2.15. The second-order valence-corrected chi connectivity index (χ2v) is 3.98. The van der Waals surface area contributed by atoms with E-state index in [9.17, 15) is 4.79 Å². The maximum Gasteiger partial charge on any atom is 0.187 e. The van der Waals surface area contributed by atoms with Crippen molar-refractivity contribution < 1.29 is 4.79 Å². The van der Waals surface area contributed by atoms with E-state index in [-0.39, 0.29) is 11.8 Å². The number of ketones is 1. The summed E-state index contributed by atoms with van der Waals surface area (Å²) < 4.78 is 1.57. The molecule has 0 bridgehead atoms. The highest BCUT2D eigenvalue weighted by atomic mass is 35.5. The molecule has 2 rings (SSSR count). The third kappa shape index (κ3) is 2.14. The monoisotopic (exact) mass is 234 g/mol. The minimum atomic E-state index is -0.338. The summed E-state index contributed by atoms with van der Waals surface area (Å²) in [5.41, 5.74) is 0.682. The Kier molecular flexibility index (Phi) is 3.06. The van der Waals surface area contributed by atoms with Gasteiger partial charge in [0, 0.05) is 11.8 Å². The molecule has 1 atom stereocenters. The zero-order valence-corrected chi connectivity index (χ0v) is 9.56. The lowest BCUT2D eigenvalue weighted by atomic mass is 10.1.